The third kappa shape index (κ3) is 2.55. The van der Waals surface area contributed by atoms with E-state index in [4.69, 9.17) is 0 Å². The minimum absolute atomic E-state index is 0.605. The van der Waals surface area contributed by atoms with Crippen LogP contribution >= 0.6 is 11.3 Å². The number of allylic oxidation sites excluding steroid dienone is 2. The van der Waals surface area contributed by atoms with E-state index >= 15 is 0 Å². The Morgan fingerprint density at radius 3 is 2.92 bits per heavy atom. The van der Waals surface area contributed by atoms with Crippen molar-refractivity contribution in [2.75, 3.05) is 5.43 Å². The molecule has 1 N–H and O–H groups in total. The van der Waals surface area contributed by atoms with E-state index in [9.17, 15) is 0 Å². The number of aryl methyl sites for hydroxylation is 1. The van der Waals surface area contributed by atoms with E-state index in [0.717, 1.165) is 34.7 Å². The fraction of sp³-hybridized carbons (Fsp3) is 0.250. The summed E-state index contributed by atoms with van der Waals surface area (Å²) in [6.07, 6.45) is 6.79. The Labute approximate surface area is 150 Å². The summed E-state index contributed by atoms with van der Waals surface area (Å²) in [6, 6.07) is 12.6. The van der Waals surface area contributed by atoms with Gasteiger partial charge in [0.15, 0.2) is 5.82 Å². The minimum Gasteiger partial charge on any atom is -0.261 e. The molecule has 124 valence electrons. The summed E-state index contributed by atoms with van der Waals surface area (Å²) in [5.74, 6) is 2.89. The number of benzene rings is 1. The zero-order valence-electron chi connectivity index (χ0n) is 13.9. The van der Waals surface area contributed by atoms with E-state index in [2.05, 4.69) is 63.0 Å². The highest BCUT2D eigenvalue weighted by molar-refractivity contribution is 7.21. The molecule has 3 aromatic rings. The maximum absolute atomic E-state index is 4.66. The van der Waals surface area contributed by atoms with Gasteiger partial charge in [-0.05, 0) is 37.3 Å². The molecule has 0 amide bonds. The Hall–Kier alpha value is -2.53. The number of rotatable bonds is 3. The maximum Gasteiger partial charge on any atom is 0.158 e. The molecule has 0 bridgehead atoms. The molecular formula is C20H18N4S. The van der Waals surface area contributed by atoms with Crippen molar-refractivity contribution in [3.8, 4) is 10.4 Å². The Morgan fingerprint density at radius 1 is 1.20 bits per heavy atom. The van der Waals surface area contributed by atoms with Crippen LogP contribution in [0.1, 0.15) is 18.7 Å². The van der Waals surface area contributed by atoms with Gasteiger partial charge in [-0.3, -0.25) is 5.43 Å². The molecule has 0 aliphatic heterocycles. The lowest BCUT2D eigenvalue weighted by Gasteiger charge is -2.31. The smallest absolute Gasteiger partial charge is 0.158 e. The molecule has 5 rings (SSSR count). The van der Waals surface area contributed by atoms with Crippen LogP contribution in [0.25, 0.3) is 20.7 Å². The maximum atomic E-state index is 4.66. The Bertz CT molecular complexity index is 1000. The summed E-state index contributed by atoms with van der Waals surface area (Å²) in [7, 11) is 0. The lowest BCUT2D eigenvalue weighted by molar-refractivity contribution is 0.466. The number of thiophene rings is 1. The van der Waals surface area contributed by atoms with Crippen molar-refractivity contribution < 1.29 is 0 Å². The molecule has 0 radical (unpaired) electrons. The standard InChI is InChI=1S/C20H18N4S/c1-12-21-19(24-23-17-10-14-8-5-9-15(14)17)16-11-18(25-20(16)22-12)13-6-3-2-4-7-13/h2-8,11,14-15H,9-10H2,1H3,(H,21,22,24)/b23-17-/t14-,15-/m0/s1. The second-order valence-electron chi connectivity index (χ2n) is 6.67. The van der Waals surface area contributed by atoms with E-state index in [0.29, 0.717) is 11.8 Å². The molecule has 0 saturated heterocycles. The van der Waals surface area contributed by atoms with Gasteiger partial charge in [0, 0.05) is 16.5 Å². The molecule has 2 aliphatic rings. The highest BCUT2D eigenvalue weighted by Gasteiger charge is 2.37. The molecule has 2 heterocycles. The lowest BCUT2D eigenvalue weighted by Crippen LogP contribution is -2.33. The van der Waals surface area contributed by atoms with Crippen LogP contribution < -0.4 is 5.43 Å². The van der Waals surface area contributed by atoms with Gasteiger partial charge in [0.2, 0.25) is 0 Å². The third-order valence-electron chi connectivity index (χ3n) is 5.03. The molecular weight excluding hydrogens is 328 g/mol. The van der Waals surface area contributed by atoms with E-state index < -0.39 is 0 Å². The molecule has 2 atom stereocenters. The van der Waals surface area contributed by atoms with Crippen LogP contribution in [0, 0.1) is 18.8 Å². The van der Waals surface area contributed by atoms with E-state index in [1.165, 1.54) is 16.2 Å². The van der Waals surface area contributed by atoms with Crippen LogP contribution in [0.5, 0.6) is 0 Å². The van der Waals surface area contributed by atoms with Gasteiger partial charge < -0.3 is 0 Å². The van der Waals surface area contributed by atoms with E-state index in [1.54, 1.807) is 11.3 Å². The van der Waals surface area contributed by atoms with Crippen LogP contribution in [0.3, 0.4) is 0 Å². The molecule has 25 heavy (non-hydrogen) atoms. The zero-order valence-corrected chi connectivity index (χ0v) is 14.8. The summed E-state index contributed by atoms with van der Waals surface area (Å²) < 4.78 is 0. The second kappa shape index (κ2) is 5.77. The van der Waals surface area contributed by atoms with Gasteiger partial charge >= 0.3 is 0 Å². The number of aromatic nitrogens is 2. The topological polar surface area (TPSA) is 50.2 Å². The first kappa shape index (κ1) is 14.8. The van der Waals surface area contributed by atoms with Crippen molar-refractivity contribution in [3.63, 3.8) is 0 Å². The molecule has 0 spiro atoms. The van der Waals surface area contributed by atoms with Crippen molar-refractivity contribution in [3.05, 3.63) is 54.4 Å². The Morgan fingerprint density at radius 2 is 2.08 bits per heavy atom. The fourth-order valence-corrected chi connectivity index (χ4v) is 4.73. The van der Waals surface area contributed by atoms with Crippen LogP contribution in [-0.4, -0.2) is 15.7 Å². The van der Waals surface area contributed by atoms with E-state index in [1.807, 2.05) is 13.0 Å². The molecule has 0 unspecified atom stereocenters. The first-order chi connectivity index (χ1) is 12.3. The lowest BCUT2D eigenvalue weighted by atomic mass is 9.74. The minimum atomic E-state index is 0.605. The number of hydrogen-bond acceptors (Lipinski definition) is 5. The van der Waals surface area contributed by atoms with Crippen LogP contribution in [-0.2, 0) is 0 Å². The summed E-state index contributed by atoms with van der Waals surface area (Å²) in [6.45, 7) is 1.93. The number of anilines is 1. The molecule has 1 saturated carbocycles. The highest BCUT2D eigenvalue weighted by atomic mass is 32.1. The fourth-order valence-electron chi connectivity index (χ4n) is 3.65. The number of hydrogen-bond donors (Lipinski definition) is 1. The van der Waals surface area contributed by atoms with Crippen molar-refractivity contribution >= 4 is 33.1 Å². The Balaban J connectivity index is 1.50. The van der Waals surface area contributed by atoms with Gasteiger partial charge in [0.1, 0.15) is 10.7 Å². The summed E-state index contributed by atoms with van der Waals surface area (Å²) in [5.41, 5.74) is 5.69. The summed E-state index contributed by atoms with van der Waals surface area (Å²) in [5, 5.41) is 5.70. The van der Waals surface area contributed by atoms with Crippen LogP contribution in [0.4, 0.5) is 5.82 Å². The van der Waals surface area contributed by atoms with Crippen molar-refractivity contribution in [1.29, 1.82) is 0 Å². The summed E-state index contributed by atoms with van der Waals surface area (Å²) in [4.78, 5) is 11.4. The van der Waals surface area contributed by atoms with Gasteiger partial charge in [-0.2, -0.15) is 5.10 Å². The predicted molar refractivity (Wildman–Crippen MR) is 104 cm³/mol. The summed E-state index contributed by atoms with van der Waals surface area (Å²) >= 11 is 1.70. The van der Waals surface area contributed by atoms with Crippen molar-refractivity contribution in [2.45, 2.75) is 19.8 Å². The van der Waals surface area contributed by atoms with Crippen molar-refractivity contribution in [1.82, 2.24) is 9.97 Å². The van der Waals surface area contributed by atoms with Gasteiger partial charge in [-0.1, -0.05) is 42.5 Å². The highest BCUT2D eigenvalue weighted by Crippen LogP contribution is 2.40. The molecule has 2 aliphatic carbocycles. The normalized spacial score (nSPS) is 23.0. The predicted octanol–water partition coefficient (Wildman–Crippen LogP) is 5.03. The average molecular weight is 346 g/mol. The number of nitrogens with zero attached hydrogens (tertiary/aromatic N) is 3. The molecule has 1 fully saturated rings. The average Bonchev–Trinajstić information content (AvgIpc) is 3.19. The SMILES string of the molecule is Cc1nc(N/N=C2/C[C@@H]3C=CC[C@H]23)c2cc(-c3ccccc3)sc2n1. The zero-order chi connectivity index (χ0) is 16.8. The van der Waals surface area contributed by atoms with E-state index in [-0.39, 0.29) is 0 Å². The van der Waals surface area contributed by atoms with Crippen LogP contribution in [0.2, 0.25) is 0 Å². The molecule has 5 heteroatoms. The molecule has 1 aromatic carbocycles. The molecule has 4 nitrogen and oxygen atoms in total. The Kier molecular flexibility index (Phi) is 3.41. The number of hydrazone groups is 1. The molecule has 2 aromatic heterocycles. The van der Waals surface area contributed by atoms with Gasteiger partial charge in [0.25, 0.3) is 0 Å². The van der Waals surface area contributed by atoms with Gasteiger partial charge in [-0.25, -0.2) is 9.97 Å². The first-order valence-electron chi connectivity index (χ1n) is 8.60. The monoisotopic (exact) mass is 346 g/mol. The second-order valence-corrected chi connectivity index (χ2v) is 7.70. The quantitative estimate of drug-likeness (QED) is 0.534. The first-order valence-corrected chi connectivity index (χ1v) is 9.42. The number of nitrogens with one attached hydrogen (secondary N) is 1. The number of fused-ring (bicyclic) bond motifs is 2. The van der Waals surface area contributed by atoms with Gasteiger partial charge in [0.05, 0.1) is 5.39 Å². The third-order valence-corrected chi connectivity index (χ3v) is 6.11. The van der Waals surface area contributed by atoms with Gasteiger partial charge in [-0.15, -0.1) is 11.3 Å². The van der Waals surface area contributed by atoms with Crippen molar-refractivity contribution in [2.24, 2.45) is 16.9 Å². The van der Waals surface area contributed by atoms with Crippen LogP contribution in [0.15, 0.2) is 53.7 Å². The largest absolute Gasteiger partial charge is 0.261 e.